The molecule has 2 heterocycles. The van der Waals surface area contributed by atoms with E-state index in [4.69, 9.17) is 14.2 Å². The van der Waals surface area contributed by atoms with E-state index in [1.807, 2.05) is 54.8 Å². The molecular weight excluding hydrogens is 364 g/mol. The number of hydrogen-bond donors (Lipinski definition) is 1. The van der Waals surface area contributed by atoms with E-state index in [2.05, 4.69) is 10.3 Å². The van der Waals surface area contributed by atoms with E-state index in [9.17, 15) is 4.79 Å². The zero-order chi connectivity index (χ0) is 18.6. The van der Waals surface area contributed by atoms with Crippen LogP contribution in [0.5, 0.6) is 17.2 Å². The number of carbonyl (C=O) groups is 1. The van der Waals surface area contributed by atoms with Gasteiger partial charge < -0.3 is 14.2 Å². The van der Waals surface area contributed by atoms with E-state index < -0.39 is 0 Å². The van der Waals surface area contributed by atoms with Crippen molar-refractivity contribution in [1.29, 1.82) is 0 Å². The summed E-state index contributed by atoms with van der Waals surface area (Å²) in [6.07, 6.45) is 0. The van der Waals surface area contributed by atoms with Gasteiger partial charge in [0.15, 0.2) is 23.2 Å². The number of nitrogens with zero attached hydrogens (tertiary/aromatic N) is 1. The largest absolute Gasteiger partial charge is 0.486 e. The Morgan fingerprint density at radius 1 is 1.15 bits per heavy atom. The molecule has 7 heteroatoms. The third-order valence-corrected chi connectivity index (χ3v) is 4.74. The zero-order valence-electron chi connectivity index (χ0n) is 14.7. The molecule has 0 aliphatic carbocycles. The smallest absolute Gasteiger partial charge is 0.264 e. The number of carbonyl (C=O) groups excluding carboxylic acids is 1. The molecule has 0 spiro atoms. The highest BCUT2D eigenvalue weighted by Gasteiger charge is 2.14. The van der Waals surface area contributed by atoms with Gasteiger partial charge in [0.25, 0.3) is 5.91 Å². The number of rotatable bonds is 5. The first-order chi connectivity index (χ1) is 13.2. The van der Waals surface area contributed by atoms with Gasteiger partial charge in [-0.25, -0.2) is 4.98 Å². The van der Waals surface area contributed by atoms with Crippen molar-refractivity contribution in [1.82, 2.24) is 4.98 Å². The van der Waals surface area contributed by atoms with Gasteiger partial charge in [-0.2, -0.15) is 0 Å². The molecule has 1 aliphatic heterocycles. The van der Waals surface area contributed by atoms with Crippen LogP contribution in [0.15, 0.2) is 47.8 Å². The number of thiazole rings is 1. The van der Waals surface area contributed by atoms with E-state index in [0.29, 0.717) is 29.8 Å². The molecule has 2 aromatic carbocycles. The van der Waals surface area contributed by atoms with Crippen LogP contribution in [0.2, 0.25) is 0 Å². The van der Waals surface area contributed by atoms with Gasteiger partial charge in [-0.3, -0.25) is 10.1 Å². The lowest BCUT2D eigenvalue weighted by atomic mass is 10.1. The second kappa shape index (κ2) is 7.67. The number of anilines is 1. The molecule has 1 amide bonds. The fraction of sp³-hybridized carbons (Fsp3) is 0.200. The Bertz CT molecular complexity index is 953. The number of aromatic nitrogens is 1. The number of amides is 1. The van der Waals surface area contributed by atoms with Gasteiger partial charge >= 0.3 is 0 Å². The molecule has 138 valence electrons. The Labute approximate surface area is 160 Å². The van der Waals surface area contributed by atoms with Crippen LogP contribution in [0.25, 0.3) is 11.3 Å². The van der Waals surface area contributed by atoms with Gasteiger partial charge in [0.2, 0.25) is 0 Å². The monoisotopic (exact) mass is 382 g/mol. The lowest BCUT2D eigenvalue weighted by Crippen LogP contribution is -2.20. The second-order valence-corrected chi connectivity index (χ2v) is 6.90. The van der Waals surface area contributed by atoms with Crippen molar-refractivity contribution in [3.05, 3.63) is 53.4 Å². The molecule has 3 aromatic rings. The van der Waals surface area contributed by atoms with Crippen molar-refractivity contribution in [3.63, 3.8) is 0 Å². The van der Waals surface area contributed by atoms with E-state index in [0.717, 1.165) is 22.6 Å². The van der Waals surface area contributed by atoms with Gasteiger partial charge in [0, 0.05) is 10.9 Å². The Morgan fingerprint density at radius 3 is 2.74 bits per heavy atom. The van der Waals surface area contributed by atoms with Crippen LogP contribution in [0, 0.1) is 6.92 Å². The first-order valence-electron chi connectivity index (χ1n) is 8.52. The molecule has 1 aromatic heterocycles. The standard InChI is InChI=1S/C20H18N2O4S/c1-13-2-5-15(6-3-13)26-11-19(23)22-20-21-16(12-27-20)14-4-7-17-18(10-14)25-9-8-24-17/h2-7,10,12H,8-9,11H2,1H3,(H,21,22,23). The maximum atomic E-state index is 12.1. The molecule has 6 nitrogen and oxygen atoms in total. The summed E-state index contributed by atoms with van der Waals surface area (Å²) in [5.74, 6) is 1.86. The van der Waals surface area contributed by atoms with Gasteiger partial charge in [-0.1, -0.05) is 17.7 Å². The summed E-state index contributed by atoms with van der Waals surface area (Å²) in [7, 11) is 0. The fourth-order valence-corrected chi connectivity index (χ4v) is 3.34. The zero-order valence-corrected chi connectivity index (χ0v) is 15.5. The first-order valence-corrected chi connectivity index (χ1v) is 9.40. The molecule has 0 saturated heterocycles. The third-order valence-electron chi connectivity index (χ3n) is 3.98. The lowest BCUT2D eigenvalue weighted by molar-refractivity contribution is -0.118. The fourth-order valence-electron chi connectivity index (χ4n) is 2.61. The highest BCUT2D eigenvalue weighted by atomic mass is 32.1. The predicted molar refractivity (Wildman–Crippen MR) is 104 cm³/mol. The van der Waals surface area contributed by atoms with E-state index in [-0.39, 0.29) is 12.5 Å². The minimum Gasteiger partial charge on any atom is -0.486 e. The maximum absolute atomic E-state index is 12.1. The van der Waals surface area contributed by atoms with Crippen molar-refractivity contribution < 1.29 is 19.0 Å². The predicted octanol–water partition coefficient (Wildman–Crippen LogP) is 3.91. The van der Waals surface area contributed by atoms with Crippen molar-refractivity contribution in [2.24, 2.45) is 0 Å². The normalized spacial score (nSPS) is 12.5. The van der Waals surface area contributed by atoms with Crippen LogP contribution in [-0.4, -0.2) is 30.7 Å². The maximum Gasteiger partial charge on any atom is 0.264 e. The highest BCUT2D eigenvalue weighted by Crippen LogP contribution is 2.35. The van der Waals surface area contributed by atoms with Crippen LogP contribution in [0.4, 0.5) is 5.13 Å². The number of aryl methyl sites for hydroxylation is 1. The average Bonchev–Trinajstić information content (AvgIpc) is 3.15. The highest BCUT2D eigenvalue weighted by molar-refractivity contribution is 7.14. The second-order valence-electron chi connectivity index (χ2n) is 6.05. The summed E-state index contributed by atoms with van der Waals surface area (Å²) < 4.78 is 16.6. The molecule has 0 saturated carbocycles. The van der Waals surface area contributed by atoms with Crippen LogP contribution in [0.3, 0.4) is 0 Å². The van der Waals surface area contributed by atoms with Crippen LogP contribution in [-0.2, 0) is 4.79 Å². The number of nitrogens with one attached hydrogen (secondary N) is 1. The molecule has 0 bridgehead atoms. The minimum atomic E-state index is -0.251. The third kappa shape index (κ3) is 4.20. The van der Waals surface area contributed by atoms with Gasteiger partial charge in [-0.15, -0.1) is 11.3 Å². The number of hydrogen-bond acceptors (Lipinski definition) is 6. The van der Waals surface area contributed by atoms with Crippen LogP contribution in [0.1, 0.15) is 5.56 Å². The Kier molecular flexibility index (Phi) is 4.93. The first kappa shape index (κ1) is 17.4. The molecule has 1 N–H and O–H groups in total. The SMILES string of the molecule is Cc1ccc(OCC(=O)Nc2nc(-c3ccc4c(c3)OCCO4)cs2)cc1. The van der Waals surface area contributed by atoms with E-state index in [1.165, 1.54) is 11.3 Å². The lowest BCUT2D eigenvalue weighted by Gasteiger charge is -2.18. The summed E-state index contributed by atoms with van der Waals surface area (Å²) in [6.45, 7) is 3.03. The van der Waals surface area contributed by atoms with Crippen molar-refractivity contribution in [2.75, 3.05) is 25.1 Å². The molecule has 0 fully saturated rings. The van der Waals surface area contributed by atoms with Gasteiger partial charge in [-0.05, 0) is 37.3 Å². The van der Waals surface area contributed by atoms with E-state index >= 15 is 0 Å². The van der Waals surface area contributed by atoms with Crippen molar-refractivity contribution in [2.45, 2.75) is 6.92 Å². The summed E-state index contributed by atoms with van der Waals surface area (Å²) in [5, 5.41) is 5.18. The van der Waals surface area contributed by atoms with Crippen molar-refractivity contribution >= 4 is 22.4 Å². The van der Waals surface area contributed by atoms with Crippen LogP contribution >= 0.6 is 11.3 Å². The van der Waals surface area contributed by atoms with Crippen molar-refractivity contribution in [3.8, 4) is 28.5 Å². The number of ether oxygens (including phenoxy) is 3. The Balaban J connectivity index is 1.37. The molecule has 27 heavy (non-hydrogen) atoms. The molecule has 4 rings (SSSR count). The van der Waals surface area contributed by atoms with E-state index in [1.54, 1.807) is 0 Å². The molecular formula is C20H18N2O4S. The minimum absolute atomic E-state index is 0.0675. The van der Waals surface area contributed by atoms with Gasteiger partial charge in [0.1, 0.15) is 19.0 Å². The Hall–Kier alpha value is -3.06. The number of benzene rings is 2. The van der Waals surface area contributed by atoms with Crippen LogP contribution < -0.4 is 19.5 Å². The summed E-state index contributed by atoms with van der Waals surface area (Å²) >= 11 is 1.36. The molecule has 0 atom stereocenters. The molecule has 1 aliphatic rings. The summed E-state index contributed by atoms with van der Waals surface area (Å²) in [6, 6.07) is 13.3. The summed E-state index contributed by atoms with van der Waals surface area (Å²) in [4.78, 5) is 16.6. The molecule has 0 radical (unpaired) electrons. The van der Waals surface area contributed by atoms with Gasteiger partial charge in [0.05, 0.1) is 5.69 Å². The average molecular weight is 382 g/mol. The topological polar surface area (TPSA) is 69.7 Å². The Morgan fingerprint density at radius 2 is 1.93 bits per heavy atom. The number of fused-ring (bicyclic) bond motifs is 1. The summed E-state index contributed by atoms with van der Waals surface area (Å²) in [5.41, 5.74) is 2.82. The quantitative estimate of drug-likeness (QED) is 0.725. The molecule has 0 unspecified atom stereocenters.